The lowest BCUT2D eigenvalue weighted by Gasteiger charge is -2.07. The number of hydrogen-bond donors (Lipinski definition) is 2. The number of hydrogen-bond acceptors (Lipinski definition) is 4. The van der Waals surface area contributed by atoms with Gasteiger partial charge in [0.25, 0.3) is 0 Å². The van der Waals surface area contributed by atoms with Crippen molar-refractivity contribution in [1.82, 2.24) is 10.0 Å². The SMILES string of the molecule is CNCc1ccc(CS(=O)(=O)NCc2cscc2C)cc1. The van der Waals surface area contributed by atoms with E-state index in [1.165, 1.54) is 0 Å². The number of benzene rings is 1. The summed E-state index contributed by atoms with van der Waals surface area (Å²) in [6.45, 7) is 3.12. The molecule has 0 unspecified atom stereocenters. The van der Waals surface area contributed by atoms with Crippen LogP contribution in [0.5, 0.6) is 0 Å². The molecule has 2 aromatic rings. The van der Waals surface area contributed by atoms with Gasteiger partial charge in [-0.2, -0.15) is 11.3 Å². The van der Waals surface area contributed by atoms with Gasteiger partial charge in [-0.15, -0.1) is 0 Å². The summed E-state index contributed by atoms with van der Waals surface area (Å²) in [6.07, 6.45) is 0. The van der Waals surface area contributed by atoms with Crippen LogP contribution < -0.4 is 10.0 Å². The summed E-state index contributed by atoms with van der Waals surface area (Å²) in [6, 6.07) is 7.62. The Labute approximate surface area is 130 Å². The van der Waals surface area contributed by atoms with Crippen molar-refractivity contribution in [2.45, 2.75) is 25.8 Å². The van der Waals surface area contributed by atoms with Crippen LogP contribution in [0.2, 0.25) is 0 Å². The Bertz CT molecular complexity index is 676. The van der Waals surface area contributed by atoms with E-state index in [-0.39, 0.29) is 5.75 Å². The molecule has 2 rings (SSSR count). The highest BCUT2D eigenvalue weighted by Crippen LogP contribution is 2.14. The van der Waals surface area contributed by atoms with Crippen LogP contribution in [0.4, 0.5) is 0 Å². The van der Waals surface area contributed by atoms with Gasteiger partial charge in [0.15, 0.2) is 0 Å². The lowest BCUT2D eigenvalue weighted by atomic mass is 10.1. The van der Waals surface area contributed by atoms with Gasteiger partial charge >= 0.3 is 0 Å². The Hall–Kier alpha value is -1.21. The highest BCUT2D eigenvalue weighted by atomic mass is 32.2. The monoisotopic (exact) mass is 324 g/mol. The maximum absolute atomic E-state index is 12.1. The molecule has 0 atom stereocenters. The largest absolute Gasteiger partial charge is 0.316 e. The molecule has 0 fully saturated rings. The van der Waals surface area contributed by atoms with Crippen molar-refractivity contribution in [3.8, 4) is 0 Å². The summed E-state index contributed by atoms with van der Waals surface area (Å²) in [7, 11) is -1.43. The van der Waals surface area contributed by atoms with E-state index >= 15 is 0 Å². The maximum atomic E-state index is 12.1. The Balaban J connectivity index is 1.95. The Morgan fingerprint density at radius 2 is 1.71 bits per heavy atom. The molecule has 1 aromatic heterocycles. The van der Waals surface area contributed by atoms with E-state index in [1.54, 1.807) is 11.3 Å². The summed E-state index contributed by atoms with van der Waals surface area (Å²) in [4.78, 5) is 0. The molecular formula is C15H20N2O2S2. The highest BCUT2D eigenvalue weighted by molar-refractivity contribution is 7.88. The molecule has 4 nitrogen and oxygen atoms in total. The van der Waals surface area contributed by atoms with Gasteiger partial charge in [-0.1, -0.05) is 24.3 Å². The van der Waals surface area contributed by atoms with E-state index in [2.05, 4.69) is 10.0 Å². The van der Waals surface area contributed by atoms with Gasteiger partial charge in [0.05, 0.1) is 5.75 Å². The third kappa shape index (κ3) is 4.93. The fourth-order valence-electron chi connectivity index (χ4n) is 1.98. The number of rotatable bonds is 7. The highest BCUT2D eigenvalue weighted by Gasteiger charge is 2.12. The molecule has 0 amide bonds. The van der Waals surface area contributed by atoms with E-state index < -0.39 is 10.0 Å². The second kappa shape index (κ2) is 7.17. The first-order valence-corrected chi connectivity index (χ1v) is 9.31. The molecule has 0 radical (unpaired) electrons. The van der Waals surface area contributed by atoms with Crippen LogP contribution in [-0.2, 0) is 28.9 Å². The third-order valence-electron chi connectivity index (χ3n) is 3.20. The lowest BCUT2D eigenvalue weighted by Crippen LogP contribution is -2.24. The minimum atomic E-state index is -3.31. The average Bonchev–Trinajstić information content (AvgIpc) is 2.84. The molecule has 0 spiro atoms. The van der Waals surface area contributed by atoms with E-state index in [9.17, 15) is 8.42 Å². The van der Waals surface area contributed by atoms with Crippen LogP contribution in [-0.4, -0.2) is 15.5 Å². The molecule has 21 heavy (non-hydrogen) atoms. The summed E-state index contributed by atoms with van der Waals surface area (Å²) >= 11 is 1.59. The smallest absolute Gasteiger partial charge is 0.216 e. The number of sulfonamides is 1. The van der Waals surface area contributed by atoms with E-state index in [4.69, 9.17) is 0 Å². The van der Waals surface area contributed by atoms with Gasteiger partial charge in [0.2, 0.25) is 10.0 Å². The molecule has 0 aliphatic carbocycles. The normalized spacial score (nSPS) is 11.7. The molecule has 0 saturated heterocycles. The van der Waals surface area contributed by atoms with Gasteiger partial charge in [0.1, 0.15) is 0 Å². The molecule has 0 bridgehead atoms. The summed E-state index contributed by atoms with van der Waals surface area (Å²) < 4.78 is 26.9. The van der Waals surface area contributed by atoms with Crippen LogP contribution in [0.25, 0.3) is 0 Å². The van der Waals surface area contributed by atoms with Crippen molar-refractivity contribution in [3.63, 3.8) is 0 Å². The summed E-state index contributed by atoms with van der Waals surface area (Å²) in [5.41, 5.74) is 4.09. The summed E-state index contributed by atoms with van der Waals surface area (Å²) in [5.74, 6) is 0.00994. The zero-order valence-electron chi connectivity index (χ0n) is 12.2. The van der Waals surface area contributed by atoms with E-state index in [0.717, 1.165) is 28.8 Å². The van der Waals surface area contributed by atoms with Crippen LogP contribution in [0.3, 0.4) is 0 Å². The van der Waals surface area contributed by atoms with Crippen LogP contribution in [0.15, 0.2) is 35.0 Å². The molecule has 6 heteroatoms. The van der Waals surface area contributed by atoms with Crippen LogP contribution >= 0.6 is 11.3 Å². The fraction of sp³-hybridized carbons (Fsp3) is 0.333. The van der Waals surface area contributed by atoms with Crippen molar-refractivity contribution in [2.24, 2.45) is 0 Å². The first-order chi connectivity index (χ1) is 10.00. The van der Waals surface area contributed by atoms with Crippen molar-refractivity contribution in [3.05, 3.63) is 57.3 Å². The second-order valence-corrected chi connectivity index (χ2v) is 7.56. The Morgan fingerprint density at radius 1 is 1.05 bits per heavy atom. The fourth-order valence-corrected chi connectivity index (χ4v) is 3.95. The van der Waals surface area contributed by atoms with Crippen molar-refractivity contribution >= 4 is 21.4 Å². The van der Waals surface area contributed by atoms with Crippen LogP contribution in [0.1, 0.15) is 22.3 Å². The molecule has 1 heterocycles. The van der Waals surface area contributed by atoms with Gasteiger partial charge in [0, 0.05) is 13.1 Å². The zero-order valence-corrected chi connectivity index (χ0v) is 13.9. The number of aryl methyl sites for hydroxylation is 1. The molecule has 0 aliphatic rings. The van der Waals surface area contributed by atoms with Crippen LogP contribution in [0, 0.1) is 6.92 Å². The van der Waals surface area contributed by atoms with Crippen molar-refractivity contribution < 1.29 is 8.42 Å². The number of thiophene rings is 1. The second-order valence-electron chi connectivity index (χ2n) is 5.01. The van der Waals surface area contributed by atoms with Crippen molar-refractivity contribution in [1.29, 1.82) is 0 Å². The summed E-state index contributed by atoms with van der Waals surface area (Å²) in [5, 5.41) is 7.06. The first-order valence-electron chi connectivity index (χ1n) is 6.71. The average molecular weight is 324 g/mol. The first kappa shape index (κ1) is 16.2. The quantitative estimate of drug-likeness (QED) is 0.822. The van der Waals surface area contributed by atoms with Gasteiger partial charge in [-0.25, -0.2) is 13.1 Å². The minimum absolute atomic E-state index is 0.00994. The van der Waals surface area contributed by atoms with E-state index in [1.807, 2.05) is 49.0 Å². The predicted molar refractivity (Wildman–Crippen MR) is 87.7 cm³/mol. The van der Waals surface area contributed by atoms with Gasteiger partial charge < -0.3 is 5.32 Å². The molecule has 2 N–H and O–H groups in total. The minimum Gasteiger partial charge on any atom is -0.316 e. The standard InChI is InChI=1S/C15H20N2O2S2/c1-12-9-20-10-15(12)8-17-21(18,19)11-14-5-3-13(4-6-14)7-16-2/h3-6,9-10,16-17H,7-8,11H2,1-2H3. The van der Waals surface area contributed by atoms with Gasteiger partial charge in [-0.3, -0.25) is 0 Å². The maximum Gasteiger partial charge on any atom is 0.216 e. The molecule has 0 aliphatic heterocycles. The molecule has 114 valence electrons. The van der Waals surface area contributed by atoms with Gasteiger partial charge in [-0.05, 0) is 47.0 Å². The molecular weight excluding hydrogens is 304 g/mol. The Morgan fingerprint density at radius 3 is 2.29 bits per heavy atom. The predicted octanol–water partition coefficient (Wildman–Crippen LogP) is 2.40. The zero-order chi connectivity index (χ0) is 15.3. The Kier molecular flexibility index (Phi) is 5.52. The topological polar surface area (TPSA) is 58.2 Å². The molecule has 1 aromatic carbocycles. The number of nitrogens with one attached hydrogen (secondary N) is 2. The van der Waals surface area contributed by atoms with E-state index in [0.29, 0.717) is 6.54 Å². The molecule has 0 saturated carbocycles. The lowest BCUT2D eigenvalue weighted by molar-refractivity contribution is 0.580. The third-order valence-corrected chi connectivity index (χ3v) is 5.41. The van der Waals surface area contributed by atoms with Crippen molar-refractivity contribution in [2.75, 3.05) is 7.05 Å².